The average Bonchev–Trinajstić information content (AvgIpc) is 3.67. The van der Waals surface area contributed by atoms with E-state index in [1.54, 1.807) is 6.26 Å². The van der Waals surface area contributed by atoms with Gasteiger partial charge in [0.15, 0.2) is 17.3 Å². The Morgan fingerprint density at radius 3 is 2.69 bits per heavy atom. The van der Waals surface area contributed by atoms with Gasteiger partial charge in [0.2, 0.25) is 0 Å². The summed E-state index contributed by atoms with van der Waals surface area (Å²) in [5, 5.41) is 13.8. The molecule has 1 aliphatic carbocycles. The van der Waals surface area contributed by atoms with Crippen molar-refractivity contribution in [3.63, 3.8) is 0 Å². The van der Waals surface area contributed by atoms with Crippen molar-refractivity contribution < 1.29 is 13.9 Å². The van der Waals surface area contributed by atoms with Crippen LogP contribution >= 0.6 is 0 Å². The van der Waals surface area contributed by atoms with Crippen LogP contribution < -0.4 is 15.0 Å². The zero-order valence-corrected chi connectivity index (χ0v) is 20.4. The van der Waals surface area contributed by atoms with Gasteiger partial charge < -0.3 is 18.9 Å². The zero-order valence-electron chi connectivity index (χ0n) is 20.4. The Morgan fingerprint density at radius 2 is 1.94 bits per heavy atom. The molecule has 1 aromatic carbocycles. The number of nitrogens with zero attached hydrogens (tertiary/aromatic N) is 5. The van der Waals surface area contributed by atoms with Gasteiger partial charge in [-0.1, -0.05) is 19.8 Å². The van der Waals surface area contributed by atoms with Crippen LogP contribution in [0, 0.1) is 0 Å². The predicted octanol–water partition coefficient (Wildman–Crippen LogP) is 4.15. The van der Waals surface area contributed by atoms with Gasteiger partial charge in [-0.15, -0.1) is 5.10 Å². The largest absolute Gasteiger partial charge is 0.486 e. The van der Waals surface area contributed by atoms with E-state index in [0.717, 1.165) is 41.8 Å². The second-order valence-electron chi connectivity index (χ2n) is 9.54. The van der Waals surface area contributed by atoms with Crippen molar-refractivity contribution >= 4 is 10.9 Å². The molecule has 0 unspecified atom stereocenters. The molecular formula is C26H30N6O4. The molecular weight excluding hydrogens is 460 g/mol. The van der Waals surface area contributed by atoms with Gasteiger partial charge in [-0.2, -0.15) is 0 Å². The zero-order chi connectivity index (χ0) is 24.5. The van der Waals surface area contributed by atoms with E-state index < -0.39 is 0 Å². The Hall–Kier alpha value is -3.66. The third-order valence-electron chi connectivity index (χ3n) is 7.21. The van der Waals surface area contributed by atoms with E-state index in [0.29, 0.717) is 49.4 Å². The first-order chi connectivity index (χ1) is 17.7. The molecule has 2 aliphatic rings. The summed E-state index contributed by atoms with van der Waals surface area (Å²) in [6.07, 6.45) is 7.03. The molecule has 1 saturated carbocycles. The normalized spacial score (nSPS) is 16.7. The van der Waals surface area contributed by atoms with Crippen molar-refractivity contribution in [3.05, 3.63) is 64.1 Å². The first-order valence-electron chi connectivity index (χ1n) is 12.7. The van der Waals surface area contributed by atoms with Crippen molar-refractivity contribution in [2.75, 3.05) is 13.2 Å². The Kier molecular flexibility index (Phi) is 6.18. The maximum absolute atomic E-state index is 13.2. The third-order valence-corrected chi connectivity index (χ3v) is 7.21. The van der Waals surface area contributed by atoms with Gasteiger partial charge in [0.05, 0.1) is 30.4 Å². The van der Waals surface area contributed by atoms with Crippen molar-refractivity contribution in [2.24, 2.45) is 0 Å². The second-order valence-corrected chi connectivity index (χ2v) is 9.54. The first kappa shape index (κ1) is 22.8. The van der Waals surface area contributed by atoms with Crippen LogP contribution in [0.1, 0.15) is 68.3 Å². The minimum atomic E-state index is -0.131. The highest BCUT2D eigenvalue weighted by atomic mass is 16.6. The Bertz CT molecular complexity index is 1390. The first-order valence-corrected chi connectivity index (χ1v) is 12.7. The molecule has 36 heavy (non-hydrogen) atoms. The van der Waals surface area contributed by atoms with Gasteiger partial charge in [0.1, 0.15) is 19.0 Å². The number of fused-ring (bicyclic) bond motifs is 2. The van der Waals surface area contributed by atoms with E-state index >= 15 is 0 Å². The number of rotatable bonds is 8. The molecule has 10 nitrogen and oxygen atoms in total. The minimum absolute atomic E-state index is 0.0823. The van der Waals surface area contributed by atoms with Gasteiger partial charge in [0, 0.05) is 23.6 Å². The van der Waals surface area contributed by atoms with Gasteiger partial charge in [-0.3, -0.25) is 9.69 Å². The van der Waals surface area contributed by atoms with E-state index in [-0.39, 0.29) is 11.6 Å². The molecule has 1 N–H and O–H groups in total. The number of aromatic nitrogens is 5. The molecule has 6 rings (SSSR count). The van der Waals surface area contributed by atoms with Gasteiger partial charge in [0.25, 0.3) is 5.56 Å². The number of aromatic amines is 1. The molecule has 0 spiro atoms. The van der Waals surface area contributed by atoms with E-state index in [1.807, 2.05) is 35.0 Å². The topological polar surface area (TPSA) is 111 Å². The number of ether oxygens (including phenoxy) is 2. The molecule has 1 atom stereocenters. The van der Waals surface area contributed by atoms with E-state index in [9.17, 15) is 4.79 Å². The highest BCUT2D eigenvalue weighted by Crippen LogP contribution is 2.35. The van der Waals surface area contributed by atoms with Crippen molar-refractivity contribution in [1.82, 2.24) is 30.1 Å². The molecule has 4 aromatic rings. The van der Waals surface area contributed by atoms with E-state index in [1.165, 1.54) is 12.8 Å². The standard InChI is InChI=1S/C26H30N6O4/c1-2-22(25-28-29-30-32(25)19-6-3-4-7-19)31(16-20-8-5-9-34-20)15-18-12-17-13-23-24(36-11-10-35-23)14-21(17)27-26(18)33/h5,8-9,12-14,19,22H,2-4,6-7,10-11,15-16H2,1H3,(H,27,33)/t22-/m1/s1. The quantitative estimate of drug-likeness (QED) is 0.392. The Balaban J connectivity index is 1.37. The Labute approximate surface area is 208 Å². The summed E-state index contributed by atoms with van der Waals surface area (Å²) in [7, 11) is 0. The van der Waals surface area contributed by atoms with E-state index in [2.05, 4.69) is 32.3 Å². The highest BCUT2D eigenvalue weighted by Gasteiger charge is 2.30. The maximum atomic E-state index is 13.2. The molecule has 0 radical (unpaired) electrons. The summed E-state index contributed by atoms with van der Waals surface area (Å²) >= 11 is 0. The van der Waals surface area contributed by atoms with Crippen LogP contribution in [0.4, 0.5) is 0 Å². The summed E-state index contributed by atoms with van der Waals surface area (Å²) in [5.74, 6) is 3.01. The lowest BCUT2D eigenvalue weighted by molar-refractivity contribution is 0.146. The number of hydrogen-bond acceptors (Lipinski definition) is 8. The molecule has 0 saturated heterocycles. The molecule has 0 amide bonds. The number of H-pyrrole nitrogens is 1. The summed E-state index contributed by atoms with van der Waals surface area (Å²) in [5.41, 5.74) is 1.25. The van der Waals surface area contributed by atoms with Gasteiger partial charge >= 0.3 is 0 Å². The van der Waals surface area contributed by atoms with Crippen molar-refractivity contribution in [3.8, 4) is 11.5 Å². The number of pyridine rings is 1. The highest BCUT2D eigenvalue weighted by molar-refractivity contribution is 5.83. The molecule has 10 heteroatoms. The summed E-state index contributed by atoms with van der Waals surface area (Å²) in [4.78, 5) is 18.4. The van der Waals surface area contributed by atoms with Crippen LogP contribution in [-0.2, 0) is 13.1 Å². The van der Waals surface area contributed by atoms with Crippen molar-refractivity contribution in [1.29, 1.82) is 0 Å². The Morgan fingerprint density at radius 1 is 1.14 bits per heavy atom. The lowest BCUT2D eigenvalue weighted by Crippen LogP contribution is -2.32. The third kappa shape index (κ3) is 4.37. The summed E-state index contributed by atoms with van der Waals surface area (Å²) in [6, 6.07) is 9.78. The van der Waals surface area contributed by atoms with Gasteiger partial charge in [-0.25, -0.2) is 4.68 Å². The fourth-order valence-corrected chi connectivity index (χ4v) is 5.44. The second kappa shape index (κ2) is 9.77. The lowest BCUT2D eigenvalue weighted by atomic mass is 10.1. The molecule has 3 aromatic heterocycles. The fourth-order valence-electron chi connectivity index (χ4n) is 5.44. The lowest BCUT2D eigenvalue weighted by Gasteiger charge is -2.30. The number of hydrogen-bond donors (Lipinski definition) is 1. The fraction of sp³-hybridized carbons (Fsp3) is 0.462. The molecule has 188 valence electrons. The molecule has 1 fully saturated rings. The smallest absolute Gasteiger partial charge is 0.252 e. The molecule has 0 bridgehead atoms. The minimum Gasteiger partial charge on any atom is -0.486 e. The predicted molar refractivity (Wildman–Crippen MR) is 132 cm³/mol. The van der Waals surface area contributed by atoms with Crippen LogP contribution in [-0.4, -0.2) is 43.3 Å². The summed E-state index contributed by atoms with van der Waals surface area (Å²) in [6.45, 7) is 4.08. The maximum Gasteiger partial charge on any atom is 0.252 e. The number of nitrogens with one attached hydrogen (secondary N) is 1. The molecule has 1 aliphatic heterocycles. The van der Waals surface area contributed by atoms with Crippen LogP contribution in [0.5, 0.6) is 11.5 Å². The number of benzene rings is 1. The monoisotopic (exact) mass is 490 g/mol. The van der Waals surface area contributed by atoms with Crippen molar-refractivity contribution in [2.45, 2.75) is 64.2 Å². The SMILES string of the molecule is CC[C@H](c1nnnn1C1CCCC1)N(Cc1ccco1)Cc1cc2cc3c(cc2[nH]c1=O)OCCO3. The van der Waals surface area contributed by atoms with Crippen LogP contribution in [0.2, 0.25) is 0 Å². The van der Waals surface area contributed by atoms with Crippen LogP contribution in [0.15, 0.2) is 45.8 Å². The number of tetrazole rings is 1. The van der Waals surface area contributed by atoms with Crippen LogP contribution in [0.3, 0.4) is 0 Å². The van der Waals surface area contributed by atoms with Gasteiger partial charge in [-0.05, 0) is 54.0 Å². The van der Waals surface area contributed by atoms with E-state index in [4.69, 9.17) is 13.9 Å². The molecule has 4 heterocycles. The summed E-state index contributed by atoms with van der Waals surface area (Å²) < 4.78 is 19.1. The van der Waals surface area contributed by atoms with Crippen LogP contribution in [0.25, 0.3) is 10.9 Å². The number of furan rings is 1. The average molecular weight is 491 g/mol.